The number of rotatable bonds is 16. The van der Waals surface area contributed by atoms with Gasteiger partial charge in [0, 0.05) is 86.8 Å². The van der Waals surface area contributed by atoms with Crippen LogP contribution in [0.2, 0.25) is 0 Å². The predicted molar refractivity (Wildman–Crippen MR) is 310 cm³/mol. The highest BCUT2D eigenvalue weighted by atomic mass is 32.2. The summed E-state index contributed by atoms with van der Waals surface area (Å²) in [6.45, 7) is 13.9. The van der Waals surface area contributed by atoms with Gasteiger partial charge >= 0.3 is 0 Å². The van der Waals surface area contributed by atoms with Crippen molar-refractivity contribution in [2.24, 2.45) is 11.3 Å². The second kappa shape index (κ2) is 23.8. The highest BCUT2D eigenvalue weighted by molar-refractivity contribution is 7.80. The Bertz CT molecular complexity index is 3480. The molecule has 3 aromatic carbocycles. The predicted octanol–water partition coefficient (Wildman–Crippen LogP) is 8.16. The van der Waals surface area contributed by atoms with E-state index in [4.69, 9.17) is 0 Å². The van der Waals surface area contributed by atoms with Crippen molar-refractivity contribution in [3.63, 3.8) is 0 Å². The van der Waals surface area contributed by atoms with Crippen LogP contribution in [-0.4, -0.2) is 166 Å². The number of aliphatic hydroxyl groups excluding tert-OH is 1. The molecule has 0 radical (unpaired) electrons. The van der Waals surface area contributed by atoms with Crippen molar-refractivity contribution < 1.29 is 41.4 Å². The van der Waals surface area contributed by atoms with Gasteiger partial charge in [-0.05, 0) is 97.6 Å². The molecule has 11 rings (SSSR count). The Morgan fingerprint density at radius 2 is 1.59 bits per heavy atom. The number of pyridine rings is 1. The number of amides is 2. The van der Waals surface area contributed by atoms with Gasteiger partial charge in [-0.15, -0.1) is 11.3 Å². The fraction of sp³-hybridized carbons (Fsp3) is 0.424. The van der Waals surface area contributed by atoms with E-state index in [1.807, 2.05) is 69.6 Å². The highest BCUT2D eigenvalue weighted by Gasteiger charge is 2.44. The first-order chi connectivity index (χ1) is 39.4. The van der Waals surface area contributed by atoms with Crippen molar-refractivity contribution in [3.05, 3.63) is 125 Å². The Kier molecular flexibility index (Phi) is 16.5. The maximum absolute atomic E-state index is 16.1. The normalized spacial score (nSPS) is 20.4. The van der Waals surface area contributed by atoms with E-state index in [-0.39, 0.29) is 50.0 Å². The maximum Gasteiger partial charge on any atom is 0.277 e. The number of likely N-dealkylation sites (tertiary alicyclic amines) is 2. The van der Waals surface area contributed by atoms with Gasteiger partial charge in [0.15, 0.2) is 5.82 Å². The number of halogens is 3. The number of imidazole rings is 1. The Hall–Kier alpha value is -6.86. The molecule has 82 heavy (non-hydrogen) atoms. The lowest BCUT2D eigenvalue weighted by Gasteiger charge is -2.40. The Morgan fingerprint density at radius 3 is 2.26 bits per heavy atom. The van der Waals surface area contributed by atoms with Gasteiger partial charge in [0.1, 0.15) is 35.2 Å². The summed E-state index contributed by atoms with van der Waals surface area (Å²) >= 11 is -1.23. The van der Waals surface area contributed by atoms with Crippen molar-refractivity contribution in [2.75, 3.05) is 81.3 Å². The number of piperidine rings is 1. The lowest BCUT2D eigenvalue weighted by atomic mass is 9.85. The average molecular weight is 1160 g/mol. The first-order valence-electron chi connectivity index (χ1n) is 27.8. The summed E-state index contributed by atoms with van der Waals surface area (Å²) in [5.74, 6) is -2.86. The van der Waals surface area contributed by atoms with Gasteiger partial charge in [-0.25, -0.2) is 37.3 Å². The molecule has 5 atom stereocenters. The molecule has 7 aromatic rings. The zero-order valence-electron chi connectivity index (χ0n) is 46.2. The monoisotopic (exact) mass is 1160 g/mol. The number of alkyl halides is 1. The number of aromatic amines is 2. The number of piperazine rings is 1. The van der Waals surface area contributed by atoms with Gasteiger partial charge in [-0.3, -0.25) is 28.7 Å². The number of H-pyrrole nitrogens is 2. The van der Waals surface area contributed by atoms with E-state index < -0.39 is 69.7 Å². The second-order valence-electron chi connectivity index (χ2n) is 23.1. The quantitative estimate of drug-likeness (QED) is 0.0458. The average Bonchev–Trinajstić information content (AvgIpc) is 4.51. The summed E-state index contributed by atoms with van der Waals surface area (Å²) in [7, 11) is 0. The number of thiazole rings is 1. The molecule has 18 nitrogen and oxygen atoms in total. The molecule has 4 saturated heterocycles. The molecule has 0 spiro atoms. The lowest BCUT2D eigenvalue weighted by Crippen LogP contribution is -2.56. The minimum Gasteiger partial charge on any atom is -0.391 e. The third-order valence-electron chi connectivity index (χ3n) is 16.4. The number of hydrazine groups is 1. The number of benzene rings is 3. The summed E-state index contributed by atoms with van der Waals surface area (Å²) in [5, 5.41) is 15.5. The number of hydrogen-bond acceptors (Lipinski definition) is 13. The molecule has 432 valence electrons. The molecule has 23 heteroatoms. The van der Waals surface area contributed by atoms with E-state index >= 15 is 8.78 Å². The third-order valence-corrected chi connectivity index (χ3v) is 18.1. The summed E-state index contributed by atoms with van der Waals surface area (Å²) in [5.41, 5.74) is 6.46. The Balaban J connectivity index is 0.652. The molecular formula is C59H67F3N12O6S2. The fourth-order valence-corrected chi connectivity index (χ4v) is 13.4. The molecule has 4 aliphatic heterocycles. The van der Waals surface area contributed by atoms with Gasteiger partial charge in [-0.1, -0.05) is 57.2 Å². The van der Waals surface area contributed by atoms with Crippen molar-refractivity contribution >= 4 is 62.6 Å². The molecule has 0 saturated carbocycles. The number of anilines is 2. The third kappa shape index (κ3) is 12.0. The minimum absolute atomic E-state index is 0.0294. The molecule has 0 aliphatic carbocycles. The van der Waals surface area contributed by atoms with Crippen molar-refractivity contribution in [1.29, 1.82) is 0 Å². The number of aliphatic hydroxyl groups is 1. The number of aryl methyl sites for hydroxylation is 1. The highest BCUT2D eigenvalue weighted by Crippen LogP contribution is 2.37. The molecule has 4 aromatic heterocycles. The topological polar surface area (TPSA) is 210 Å². The molecule has 2 amide bonds. The summed E-state index contributed by atoms with van der Waals surface area (Å²) in [6, 6.07) is 18.4. The van der Waals surface area contributed by atoms with E-state index in [0.717, 1.165) is 114 Å². The molecular weight excluding hydrogens is 1090 g/mol. The number of nitrogens with zero attached hydrogens (tertiary/aromatic N) is 9. The first-order valence-corrected chi connectivity index (χ1v) is 29.7. The SMILES string of the molecule is Cc1ncsc1-c1ccc(-c2cnc([C@@H]3C[C@@H](O)CN3C(=O)[C@@H](NC(=O)CN3CCC(CN4CCN(c5ccc(-c6cnc7[nH]cc(C(=O)c8c(F)ccc(N(N9CC[C@@H](F)C9)S(=O)O)c8F)c7c6)cc5)CC4)CC3)C(C)(C)C)[nH]2)cc1. The van der Waals surface area contributed by atoms with E-state index in [0.29, 0.717) is 39.2 Å². The van der Waals surface area contributed by atoms with Crippen LogP contribution in [0.25, 0.3) is 43.9 Å². The first kappa shape index (κ1) is 57.0. The zero-order valence-corrected chi connectivity index (χ0v) is 47.8. The number of hydrogen-bond donors (Lipinski definition) is 5. The van der Waals surface area contributed by atoms with Gasteiger partial charge < -0.3 is 30.2 Å². The number of carbonyl (C=O) groups is 3. The fourth-order valence-electron chi connectivity index (χ4n) is 11.9. The van der Waals surface area contributed by atoms with Crippen molar-refractivity contribution in [1.82, 2.24) is 49.9 Å². The van der Waals surface area contributed by atoms with Crippen LogP contribution < -0.4 is 14.6 Å². The number of nitrogens with one attached hydrogen (secondary N) is 3. The molecule has 1 unspecified atom stereocenters. The van der Waals surface area contributed by atoms with Gasteiger partial charge in [0.05, 0.1) is 58.8 Å². The van der Waals surface area contributed by atoms with E-state index in [1.54, 1.807) is 34.7 Å². The number of ketones is 1. The Labute approximate surface area is 480 Å². The van der Waals surface area contributed by atoms with E-state index in [2.05, 4.69) is 57.1 Å². The number of fused-ring (bicyclic) bond motifs is 1. The molecule has 4 aliphatic rings. The van der Waals surface area contributed by atoms with Crippen LogP contribution in [0.3, 0.4) is 0 Å². The van der Waals surface area contributed by atoms with Crippen LogP contribution in [0, 0.1) is 29.9 Å². The maximum atomic E-state index is 16.1. The molecule has 4 fully saturated rings. The summed E-state index contributed by atoms with van der Waals surface area (Å²) in [6.07, 6.45) is 5.02. The van der Waals surface area contributed by atoms with Gasteiger partial charge in [0.2, 0.25) is 17.6 Å². The largest absolute Gasteiger partial charge is 0.391 e. The summed E-state index contributed by atoms with van der Waals surface area (Å²) < 4.78 is 68.5. The molecule has 8 heterocycles. The van der Waals surface area contributed by atoms with Gasteiger partial charge in [0.25, 0.3) is 11.3 Å². The molecule has 5 N–H and O–H groups in total. The zero-order chi connectivity index (χ0) is 57.6. The minimum atomic E-state index is -2.83. The number of carbonyl (C=O) groups excluding carboxylic acids is 3. The number of β-amino-alcohol motifs (C(OH)–C–C–N with tert-alkyl or cyclic N) is 1. The van der Waals surface area contributed by atoms with Crippen LogP contribution in [0.15, 0.2) is 90.8 Å². The van der Waals surface area contributed by atoms with E-state index in [1.165, 1.54) is 6.20 Å². The second-order valence-corrected chi connectivity index (χ2v) is 24.7. The summed E-state index contributed by atoms with van der Waals surface area (Å²) in [4.78, 5) is 71.8. The van der Waals surface area contributed by atoms with Crippen LogP contribution in [0.4, 0.5) is 24.5 Å². The standard InChI is InChI=1S/C59H67F3N12O6S2/c1-35-54(81-34-66-35)39-7-5-38(6-8-39)47-29-65-57(67-47)49-26-43(75)32-73(49)58(78)55(59(2,3)4)68-50(76)33-69-18-15-36(16-19-69)30-70-21-23-71(24-22-70)42-11-9-37(10-12-42)40-25-44-45(28-64-56(44)63-27-40)53(77)51-46(61)13-14-48(52(51)62)74(82(79)80)72-20-17-41(60)31-72/h5-14,25,27-29,34,36,41,43,49,55,75H,15-24,26,30-33H2,1-4H3,(H,63,64)(H,65,67)(H,68,76)(H,79,80)/t41-,43-,49+,55-/m1/s1. The van der Waals surface area contributed by atoms with Crippen LogP contribution in [-0.2, 0) is 20.9 Å². The van der Waals surface area contributed by atoms with E-state index in [9.17, 15) is 32.6 Å². The van der Waals surface area contributed by atoms with Crippen molar-refractivity contribution in [3.8, 4) is 32.8 Å². The smallest absolute Gasteiger partial charge is 0.277 e. The van der Waals surface area contributed by atoms with Crippen molar-refractivity contribution in [2.45, 2.75) is 77.7 Å². The van der Waals surface area contributed by atoms with Crippen LogP contribution >= 0.6 is 11.3 Å². The van der Waals surface area contributed by atoms with Crippen LogP contribution in [0.5, 0.6) is 0 Å². The number of aromatic nitrogens is 5. The van der Waals surface area contributed by atoms with Crippen LogP contribution in [0.1, 0.15) is 79.9 Å². The lowest BCUT2D eigenvalue weighted by molar-refractivity contribution is -0.141. The Morgan fingerprint density at radius 1 is 0.866 bits per heavy atom. The molecule has 0 bridgehead atoms. The van der Waals surface area contributed by atoms with Gasteiger partial charge in [-0.2, -0.15) is 4.41 Å².